The van der Waals surface area contributed by atoms with Crippen molar-refractivity contribution in [3.63, 3.8) is 0 Å². The number of ether oxygens (including phenoxy) is 2. The number of rotatable bonds is 6. The number of urea groups is 1. The van der Waals surface area contributed by atoms with E-state index in [0.29, 0.717) is 18.0 Å². The van der Waals surface area contributed by atoms with E-state index in [1.807, 2.05) is 44.2 Å². The van der Waals surface area contributed by atoms with Crippen LogP contribution in [0.5, 0.6) is 11.5 Å². The van der Waals surface area contributed by atoms with Gasteiger partial charge in [-0.25, -0.2) is 4.79 Å². The highest BCUT2D eigenvalue weighted by Crippen LogP contribution is 2.22. The van der Waals surface area contributed by atoms with Crippen molar-refractivity contribution < 1.29 is 14.3 Å². The summed E-state index contributed by atoms with van der Waals surface area (Å²) in [6, 6.07) is 12.8. The van der Waals surface area contributed by atoms with Crippen LogP contribution in [-0.4, -0.2) is 25.8 Å². The Labute approximate surface area is 143 Å². The van der Waals surface area contributed by atoms with E-state index in [9.17, 15) is 4.79 Å². The number of aryl methyl sites for hydroxylation is 2. The molecule has 2 N–H and O–H groups in total. The summed E-state index contributed by atoms with van der Waals surface area (Å²) in [5, 5.41) is 5.62. The quantitative estimate of drug-likeness (QED) is 0.845. The van der Waals surface area contributed by atoms with Gasteiger partial charge in [0, 0.05) is 0 Å². The molecule has 24 heavy (non-hydrogen) atoms. The third-order valence-corrected chi connectivity index (χ3v) is 3.71. The summed E-state index contributed by atoms with van der Waals surface area (Å²) in [7, 11) is 1.57. The zero-order valence-electron chi connectivity index (χ0n) is 14.6. The molecule has 0 heterocycles. The smallest absolute Gasteiger partial charge is 0.319 e. The van der Waals surface area contributed by atoms with Crippen molar-refractivity contribution in [3.8, 4) is 11.5 Å². The lowest BCUT2D eigenvalue weighted by atomic mass is 10.1. The largest absolute Gasteiger partial charge is 0.495 e. The van der Waals surface area contributed by atoms with Crippen molar-refractivity contribution >= 4 is 11.7 Å². The van der Waals surface area contributed by atoms with E-state index < -0.39 is 0 Å². The van der Waals surface area contributed by atoms with E-state index in [2.05, 4.69) is 17.6 Å². The molecule has 2 aromatic rings. The Hall–Kier alpha value is -2.69. The fourth-order valence-corrected chi connectivity index (χ4v) is 2.20. The van der Waals surface area contributed by atoms with Crippen molar-refractivity contribution in [2.45, 2.75) is 26.8 Å². The van der Waals surface area contributed by atoms with Crippen LogP contribution >= 0.6 is 0 Å². The van der Waals surface area contributed by atoms with Crippen LogP contribution in [0.1, 0.15) is 18.1 Å². The first-order valence-corrected chi connectivity index (χ1v) is 7.90. The number of hydrogen-bond acceptors (Lipinski definition) is 3. The molecule has 0 aromatic heterocycles. The molecule has 5 heteroatoms. The van der Waals surface area contributed by atoms with Crippen LogP contribution in [0.4, 0.5) is 10.5 Å². The van der Waals surface area contributed by atoms with Gasteiger partial charge < -0.3 is 20.1 Å². The summed E-state index contributed by atoms with van der Waals surface area (Å²) in [5.74, 6) is 1.42. The first-order valence-electron chi connectivity index (χ1n) is 7.90. The Morgan fingerprint density at radius 3 is 2.58 bits per heavy atom. The second-order valence-corrected chi connectivity index (χ2v) is 5.76. The number of carbonyl (C=O) groups excluding carboxylic acids is 1. The molecule has 0 bridgehead atoms. The van der Waals surface area contributed by atoms with Gasteiger partial charge in [0.1, 0.15) is 18.1 Å². The maximum absolute atomic E-state index is 12.1. The summed E-state index contributed by atoms with van der Waals surface area (Å²) >= 11 is 0. The van der Waals surface area contributed by atoms with Gasteiger partial charge in [0.05, 0.1) is 18.8 Å². The number of amides is 2. The van der Waals surface area contributed by atoms with Crippen LogP contribution in [0, 0.1) is 13.8 Å². The number of carbonyl (C=O) groups is 1. The molecule has 128 valence electrons. The molecule has 0 aliphatic heterocycles. The second-order valence-electron chi connectivity index (χ2n) is 5.76. The SMILES string of the molecule is COc1ccccc1NC(=O)N[C@H](C)COc1ccc(C)c(C)c1. The third-order valence-electron chi connectivity index (χ3n) is 3.71. The van der Waals surface area contributed by atoms with Crippen LogP contribution in [0.3, 0.4) is 0 Å². The molecule has 0 fully saturated rings. The van der Waals surface area contributed by atoms with Gasteiger partial charge in [-0.15, -0.1) is 0 Å². The summed E-state index contributed by atoms with van der Waals surface area (Å²) in [6.07, 6.45) is 0. The Kier molecular flexibility index (Phi) is 6.07. The minimum Gasteiger partial charge on any atom is -0.495 e. The minimum absolute atomic E-state index is 0.138. The maximum Gasteiger partial charge on any atom is 0.319 e. The van der Waals surface area contributed by atoms with Gasteiger partial charge >= 0.3 is 6.03 Å². The second kappa shape index (κ2) is 8.24. The fraction of sp³-hybridized carbons (Fsp3) is 0.316. The van der Waals surface area contributed by atoms with Crippen molar-refractivity contribution in [2.75, 3.05) is 19.0 Å². The molecule has 1 atom stereocenters. The highest BCUT2D eigenvalue weighted by Gasteiger charge is 2.10. The lowest BCUT2D eigenvalue weighted by Gasteiger charge is -2.17. The van der Waals surface area contributed by atoms with Gasteiger partial charge in [0.2, 0.25) is 0 Å². The van der Waals surface area contributed by atoms with Crippen molar-refractivity contribution in [1.29, 1.82) is 0 Å². The zero-order chi connectivity index (χ0) is 17.5. The fourth-order valence-electron chi connectivity index (χ4n) is 2.20. The van der Waals surface area contributed by atoms with Gasteiger partial charge in [-0.3, -0.25) is 0 Å². The molecule has 0 saturated carbocycles. The molecular weight excluding hydrogens is 304 g/mol. The topological polar surface area (TPSA) is 59.6 Å². The molecule has 0 aliphatic rings. The van der Waals surface area contributed by atoms with Crippen LogP contribution in [0.2, 0.25) is 0 Å². The molecule has 0 radical (unpaired) electrons. The standard InChI is InChI=1S/C19H24N2O3/c1-13-9-10-16(11-14(13)2)24-12-15(3)20-19(22)21-17-7-5-6-8-18(17)23-4/h5-11,15H,12H2,1-4H3,(H2,20,21,22)/t15-/m1/s1. The molecule has 2 rings (SSSR count). The lowest BCUT2D eigenvalue weighted by molar-refractivity contribution is 0.236. The summed E-state index contributed by atoms with van der Waals surface area (Å²) in [6.45, 7) is 6.39. The number of anilines is 1. The van der Waals surface area contributed by atoms with Gasteiger partial charge in [-0.05, 0) is 56.2 Å². The summed E-state index contributed by atoms with van der Waals surface area (Å²) < 4.78 is 10.9. The molecule has 0 spiro atoms. The highest BCUT2D eigenvalue weighted by molar-refractivity contribution is 5.91. The molecule has 2 aromatic carbocycles. The van der Waals surface area contributed by atoms with Crippen molar-refractivity contribution in [1.82, 2.24) is 5.32 Å². The normalized spacial score (nSPS) is 11.5. The van der Waals surface area contributed by atoms with Gasteiger partial charge in [0.25, 0.3) is 0 Å². The van der Waals surface area contributed by atoms with E-state index in [1.165, 1.54) is 11.1 Å². The summed E-state index contributed by atoms with van der Waals surface area (Å²) in [4.78, 5) is 12.1. The first kappa shape index (κ1) is 17.7. The zero-order valence-corrected chi connectivity index (χ0v) is 14.6. The average Bonchev–Trinajstić information content (AvgIpc) is 2.56. The monoisotopic (exact) mass is 328 g/mol. The Morgan fingerprint density at radius 1 is 1.12 bits per heavy atom. The van der Waals surface area contributed by atoms with Gasteiger partial charge in [-0.2, -0.15) is 0 Å². The van der Waals surface area contributed by atoms with Gasteiger partial charge in [-0.1, -0.05) is 18.2 Å². The van der Waals surface area contributed by atoms with Gasteiger partial charge in [0.15, 0.2) is 0 Å². The predicted octanol–water partition coefficient (Wildman–Crippen LogP) is 3.90. The van der Waals surface area contributed by atoms with Crippen LogP contribution < -0.4 is 20.1 Å². The van der Waals surface area contributed by atoms with Crippen LogP contribution in [-0.2, 0) is 0 Å². The van der Waals surface area contributed by atoms with E-state index in [4.69, 9.17) is 9.47 Å². The highest BCUT2D eigenvalue weighted by atomic mass is 16.5. The number of hydrogen-bond donors (Lipinski definition) is 2. The lowest BCUT2D eigenvalue weighted by Crippen LogP contribution is -2.39. The Morgan fingerprint density at radius 2 is 1.88 bits per heavy atom. The number of nitrogens with one attached hydrogen (secondary N) is 2. The maximum atomic E-state index is 12.1. The summed E-state index contributed by atoms with van der Waals surface area (Å²) in [5.41, 5.74) is 3.03. The van der Waals surface area contributed by atoms with Crippen LogP contribution in [0.15, 0.2) is 42.5 Å². The van der Waals surface area contributed by atoms with E-state index in [0.717, 1.165) is 5.75 Å². The molecule has 0 aliphatic carbocycles. The molecule has 0 unspecified atom stereocenters. The predicted molar refractivity (Wildman–Crippen MR) is 96.0 cm³/mol. The number of para-hydroxylation sites is 2. The third kappa shape index (κ3) is 4.91. The molecule has 5 nitrogen and oxygen atoms in total. The van der Waals surface area contributed by atoms with Crippen molar-refractivity contribution in [3.05, 3.63) is 53.6 Å². The number of benzene rings is 2. The van der Waals surface area contributed by atoms with E-state index in [-0.39, 0.29) is 12.1 Å². The van der Waals surface area contributed by atoms with E-state index >= 15 is 0 Å². The molecular formula is C19H24N2O3. The first-order chi connectivity index (χ1) is 11.5. The van der Waals surface area contributed by atoms with Crippen LogP contribution in [0.25, 0.3) is 0 Å². The Bertz CT molecular complexity index is 701. The van der Waals surface area contributed by atoms with E-state index in [1.54, 1.807) is 19.2 Å². The minimum atomic E-state index is -0.296. The molecule has 2 amide bonds. The average molecular weight is 328 g/mol. The molecule has 0 saturated heterocycles. The number of methoxy groups -OCH3 is 1. The van der Waals surface area contributed by atoms with Crippen molar-refractivity contribution in [2.24, 2.45) is 0 Å². The Balaban J connectivity index is 1.84.